The fourth-order valence-electron chi connectivity index (χ4n) is 8.17. The van der Waals surface area contributed by atoms with Crippen molar-refractivity contribution in [3.63, 3.8) is 0 Å². The highest BCUT2D eigenvalue weighted by Gasteiger charge is 2.35. The lowest BCUT2D eigenvalue weighted by Gasteiger charge is -2.26. The summed E-state index contributed by atoms with van der Waals surface area (Å²) in [5.74, 6) is 1.25. The maximum atomic E-state index is 13.2. The van der Waals surface area contributed by atoms with Gasteiger partial charge in [-0.15, -0.1) is 0 Å². The minimum absolute atomic E-state index is 0.164. The number of rotatable bonds is 10. The summed E-state index contributed by atoms with van der Waals surface area (Å²) in [7, 11) is 2.55. The first-order valence-electron chi connectivity index (χ1n) is 18.8. The second kappa shape index (κ2) is 15.7. The number of ether oxygens (including phenoxy) is 2. The third-order valence-electron chi connectivity index (χ3n) is 11.1. The SMILES string of the molecule is COC(=O)N[C@@H](C)C(=O)NC(c1ncc(-c2ccc3c(c2)CCc2cc(-c4cnc([C@@H]5CCCN5C(=O)[C@H](C)NC(=O)OC)[nH]4)ccc2-3)[nH]1)C1CCCC1. The molecule has 3 aliphatic rings. The van der Waals surface area contributed by atoms with Crippen LogP contribution in [0.4, 0.5) is 9.59 Å². The maximum Gasteiger partial charge on any atom is 0.407 e. The monoisotopic (exact) mass is 736 g/mol. The molecular formula is C40H48N8O6. The molecule has 1 unspecified atom stereocenters. The van der Waals surface area contributed by atoms with Crippen LogP contribution in [0.15, 0.2) is 48.8 Å². The first-order valence-corrected chi connectivity index (χ1v) is 18.8. The molecule has 7 rings (SSSR count). The number of nitrogens with one attached hydrogen (secondary N) is 5. The Balaban J connectivity index is 1.06. The van der Waals surface area contributed by atoms with E-state index in [0.29, 0.717) is 12.4 Å². The highest BCUT2D eigenvalue weighted by molar-refractivity contribution is 5.86. The van der Waals surface area contributed by atoms with E-state index in [-0.39, 0.29) is 29.8 Å². The van der Waals surface area contributed by atoms with Crippen LogP contribution in [0.25, 0.3) is 33.6 Å². The molecule has 0 radical (unpaired) electrons. The predicted octanol–water partition coefficient (Wildman–Crippen LogP) is 5.73. The summed E-state index contributed by atoms with van der Waals surface area (Å²) in [5.41, 5.74) is 8.78. The summed E-state index contributed by atoms with van der Waals surface area (Å²) in [6, 6.07) is 11.1. The molecule has 3 heterocycles. The number of methoxy groups -OCH3 is 2. The number of aryl methyl sites for hydroxylation is 2. The van der Waals surface area contributed by atoms with Crippen molar-refractivity contribution >= 4 is 24.0 Å². The van der Waals surface area contributed by atoms with Crippen molar-refractivity contribution in [2.24, 2.45) is 5.92 Å². The second-order valence-electron chi connectivity index (χ2n) is 14.5. The zero-order valence-electron chi connectivity index (χ0n) is 31.2. The second-order valence-corrected chi connectivity index (χ2v) is 14.5. The van der Waals surface area contributed by atoms with E-state index in [9.17, 15) is 19.2 Å². The Bertz CT molecular complexity index is 2030. The molecule has 1 aliphatic heterocycles. The van der Waals surface area contributed by atoms with Gasteiger partial charge in [0.1, 0.15) is 23.7 Å². The Kier molecular flexibility index (Phi) is 10.7. The van der Waals surface area contributed by atoms with Crippen molar-refractivity contribution in [3.05, 3.63) is 71.6 Å². The number of fused-ring (bicyclic) bond motifs is 3. The van der Waals surface area contributed by atoms with E-state index >= 15 is 0 Å². The summed E-state index contributed by atoms with van der Waals surface area (Å²) in [5, 5.41) is 8.26. The molecule has 2 fully saturated rings. The molecule has 2 aliphatic carbocycles. The summed E-state index contributed by atoms with van der Waals surface area (Å²) in [6.07, 6.45) is 10.0. The van der Waals surface area contributed by atoms with E-state index in [1.807, 2.05) is 12.4 Å². The number of hydrogen-bond acceptors (Lipinski definition) is 8. The number of hydrogen-bond donors (Lipinski definition) is 5. The van der Waals surface area contributed by atoms with E-state index in [4.69, 9.17) is 9.97 Å². The molecular weight excluding hydrogens is 688 g/mol. The van der Waals surface area contributed by atoms with Gasteiger partial charge in [-0.25, -0.2) is 19.6 Å². The fourth-order valence-corrected chi connectivity index (χ4v) is 8.17. The number of H-pyrrole nitrogens is 2. The van der Waals surface area contributed by atoms with Crippen molar-refractivity contribution < 1.29 is 28.7 Å². The Labute approximate surface area is 314 Å². The normalized spacial score (nSPS) is 18.2. The van der Waals surface area contributed by atoms with Gasteiger partial charge in [-0.05, 0) is 104 Å². The average Bonchev–Trinajstić information content (AvgIpc) is 4.03. The van der Waals surface area contributed by atoms with Crippen molar-refractivity contribution in [1.82, 2.24) is 40.8 Å². The minimum Gasteiger partial charge on any atom is -0.453 e. The van der Waals surface area contributed by atoms with Crippen LogP contribution in [0.2, 0.25) is 0 Å². The molecule has 0 spiro atoms. The quantitative estimate of drug-likeness (QED) is 0.137. The first kappa shape index (κ1) is 36.7. The van der Waals surface area contributed by atoms with E-state index in [2.05, 4.69) is 71.8 Å². The number of carbonyl (C=O) groups is 4. The highest BCUT2D eigenvalue weighted by atomic mass is 16.5. The summed E-state index contributed by atoms with van der Waals surface area (Å²) >= 11 is 0. The van der Waals surface area contributed by atoms with Gasteiger partial charge >= 0.3 is 12.2 Å². The van der Waals surface area contributed by atoms with Gasteiger partial charge in [-0.1, -0.05) is 37.1 Å². The molecule has 0 bridgehead atoms. The topological polar surface area (TPSA) is 183 Å². The lowest BCUT2D eigenvalue weighted by Crippen LogP contribution is -2.47. The van der Waals surface area contributed by atoms with Crippen LogP contribution in [0.5, 0.6) is 0 Å². The molecule has 14 heteroatoms. The van der Waals surface area contributed by atoms with Gasteiger partial charge in [0.15, 0.2) is 0 Å². The molecule has 5 N–H and O–H groups in total. The number of aromatic nitrogens is 4. The van der Waals surface area contributed by atoms with E-state index < -0.39 is 24.3 Å². The molecule has 14 nitrogen and oxygen atoms in total. The third-order valence-corrected chi connectivity index (χ3v) is 11.1. The van der Waals surface area contributed by atoms with Gasteiger partial charge in [-0.2, -0.15) is 0 Å². The minimum atomic E-state index is -0.750. The van der Waals surface area contributed by atoms with Crippen molar-refractivity contribution in [3.8, 4) is 33.6 Å². The number of imidazole rings is 2. The van der Waals surface area contributed by atoms with Gasteiger partial charge in [0.05, 0.1) is 50.1 Å². The Morgan fingerprint density at radius 1 is 0.759 bits per heavy atom. The first-order chi connectivity index (χ1) is 26.1. The van der Waals surface area contributed by atoms with E-state index in [0.717, 1.165) is 79.7 Å². The zero-order valence-corrected chi connectivity index (χ0v) is 31.2. The van der Waals surface area contributed by atoms with E-state index in [1.54, 1.807) is 18.7 Å². The van der Waals surface area contributed by atoms with Crippen LogP contribution < -0.4 is 16.0 Å². The zero-order chi connectivity index (χ0) is 37.9. The summed E-state index contributed by atoms with van der Waals surface area (Å²) in [6.45, 7) is 3.90. The van der Waals surface area contributed by atoms with Crippen LogP contribution >= 0.6 is 0 Å². The van der Waals surface area contributed by atoms with Gasteiger partial charge in [-0.3, -0.25) is 9.59 Å². The van der Waals surface area contributed by atoms with Crippen LogP contribution in [0.1, 0.15) is 87.2 Å². The van der Waals surface area contributed by atoms with Gasteiger partial charge < -0.3 is 40.3 Å². The standard InChI is InChI=1S/C40H48N8O6/c1-22(43-39(51)53-3)37(49)47-34(24-8-5-6-9-24)36-42-21-32(46-36)28-14-16-30-26(19-28)12-11-25-18-27(13-15-29(25)30)31-20-41-35(45-31)33-10-7-17-48(33)38(50)23(2)44-40(52)54-4/h13-16,18-24,33-34H,5-12,17H2,1-4H3,(H,41,45)(H,42,46)(H,43,51)(H,44,52)(H,47,49)/t22-,23-,33-,34?/m0/s1. The average molecular weight is 737 g/mol. The Morgan fingerprint density at radius 2 is 1.35 bits per heavy atom. The predicted molar refractivity (Wildman–Crippen MR) is 201 cm³/mol. The van der Waals surface area contributed by atoms with Crippen molar-refractivity contribution in [1.29, 1.82) is 0 Å². The largest absolute Gasteiger partial charge is 0.453 e. The Morgan fingerprint density at radius 3 is 1.98 bits per heavy atom. The molecule has 4 amide bonds. The maximum absolute atomic E-state index is 13.2. The number of nitrogens with zero attached hydrogens (tertiary/aromatic N) is 3. The van der Waals surface area contributed by atoms with Gasteiger partial charge in [0.25, 0.3) is 0 Å². The fraction of sp³-hybridized carbons (Fsp3) is 0.450. The molecule has 4 atom stereocenters. The summed E-state index contributed by atoms with van der Waals surface area (Å²) in [4.78, 5) is 67.8. The van der Waals surface area contributed by atoms with Crippen molar-refractivity contribution in [2.75, 3.05) is 20.8 Å². The van der Waals surface area contributed by atoms with Gasteiger partial charge in [0.2, 0.25) is 11.8 Å². The molecule has 54 heavy (non-hydrogen) atoms. The lowest BCUT2D eigenvalue weighted by atomic mass is 9.83. The molecule has 284 valence electrons. The molecule has 2 aromatic carbocycles. The number of amides is 4. The smallest absolute Gasteiger partial charge is 0.407 e. The number of alkyl carbamates (subject to hydrolysis) is 2. The third kappa shape index (κ3) is 7.55. The molecule has 1 saturated heterocycles. The highest BCUT2D eigenvalue weighted by Crippen LogP contribution is 2.39. The number of likely N-dealkylation sites (tertiary alicyclic amines) is 1. The molecule has 4 aromatic rings. The number of carbonyl (C=O) groups excluding carboxylic acids is 4. The van der Waals surface area contributed by atoms with Crippen molar-refractivity contribution in [2.45, 2.75) is 89.4 Å². The lowest BCUT2D eigenvalue weighted by molar-refractivity contribution is -0.134. The summed E-state index contributed by atoms with van der Waals surface area (Å²) < 4.78 is 9.33. The van der Waals surface area contributed by atoms with Crippen LogP contribution in [-0.4, -0.2) is 81.7 Å². The number of benzene rings is 2. The van der Waals surface area contributed by atoms with Gasteiger partial charge in [0, 0.05) is 6.54 Å². The van der Waals surface area contributed by atoms with E-state index in [1.165, 1.54) is 36.5 Å². The number of aromatic amines is 2. The molecule has 2 aromatic heterocycles. The van der Waals surface area contributed by atoms with Crippen LogP contribution in [0.3, 0.4) is 0 Å². The Hall–Kier alpha value is -5.66. The van der Waals surface area contributed by atoms with Crippen LogP contribution in [0, 0.1) is 5.92 Å². The van der Waals surface area contributed by atoms with Crippen LogP contribution in [-0.2, 0) is 31.9 Å². The molecule has 1 saturated carbocycles.